The van der Waals surface area contributed by atoms with Crippen LogP contribution >= 0.6 is 0 Å². The Morgan fingerprint density at radius 2 is 1.48 bits per heavy atom. The van der Waals surface area contributed by atoms with Gasteiger partial charge in [-0.3, -0.25) is 19.3 Å². The van der Waals surface area contributed by atoms with Crippen molar-refractivity contribution < 1.29 is 32.3 Å². The van der Waals surface area contributed by atoms with Crippen LogP contribution in [0.4, 0.5) is 18.9 Å². The zero-order valence-corrected chi connectivity index (χ0v) is 17.1. The van der Waals surface area contributed by atoms with Crippen LogP contribution in [0.1, 0.15) is 31.8 Å². The predicted molar refractivity (Wildman–Crippen MR) is 113 cm³/mol. The lowest BCUT2D eigenvalue weighted by molar-refractivity contribution is -0.167. The number of hydrogen-bond acceptors (Lipinski definition) is 4. The second-order valence-corrected chi connectivity index (χ2v) is 7.29. The van der Waals surface area contributed by atoms with E-state index < -0.39 is 23.9 Å². The van der Waals surface area contributed by atoms with E-state index in [0.717, 1.165) is 10.5 Å². The topological polar surface area (TPSA) is 75.7 Å². The minimum atomic E-state index is -5.06. The monoisotopic (exact) mass is 454 g/mol. The minimum absolute atomic E-state index is 0.143. The quantitative estimate of drug-likeness (QED) is 0.554. The Bertz CT molecular complexity index is 1190. The first kappa shape index (κ1) is 22.1. The van der Waals surface area contributed by atoms with E-state index in [9.17, 15) is 27.6 Å². The summed E-state index contributed by atoms with van der Waals surface area (Å²) in [5.74, 6) is -2.91. The number of hydrogen-bond donors (Lipinski definition) is 1. The van der Waals surface area contributed by atoms with Gasteiger partial charge in [0.15, 0.2) is 0 Å². The summed E-state index contributed by atoms with van der Waals surface area (Å²) in [5, 5.41) is 1.78. The lowest BCUT2D eigenvalue weighted by atomic mass is 10.1. The second-order valence-electron chi connectivity index (χ2n) is 7.29. The zero-order valence-electron chi connectivity index (χ0n) is 17.1. The molecule has 3 amide bonds. The number of fused-ring (bicyclic) bond motifs is 1. The van der Waals surface area contributed by atoms with E-state index in [1.54, 1.807) is 17.4 Å². The van der Waals surface area contributed by atoms with Crippen LogP contribution in [0.25, 0.3) is 0 Å². The first-order valence-corrected chi connectivity index (χ1v) is 9.87. The fraction of sp³-hybridized carbons (Fsp3) is 0.125. The predicted octanol–water partition coefficient (Wildman–Crippen LogP) is 4.56. The highest BCUT2D eigenvalue weighted by Gasteiger charge is 2.39. The van der Waals surface area contributed by atoms with Gasteiger partial charge in [-0.05, 0) is 35.9 Å². The largest absolute Gasteiger partial charge is 0.489 e. The number of nitrogens with zero attached hydrogens (tertiary/aromatic N) is 1. The van der Waals surface area contributed by atoms with Gasteiger partial charge in [-0.15, -0.1) is 0 Å². The third-order valence-electron chi connectivity index (χ3n) is 5.02. The number of amides is 3. The van der Waals surface area contributed by atoms with Crippen molar-refractivity contribution in [3.8, 4) is 5.75 Å². The average Bonchev–Trinajstić information content (AvgIpc) is 3.04. The Morgan fingerprint density at radius 3 is 2.09 bits per heavy atom. The van der Waals surface area contributed by atoms with Gasteiger partial charge >= 0.3 is 12.1 Å². The first-order valence-electron chi connectivity index (χ1n) is 9.87. The van der Waals surface area contributed by atoms with Crippen LogP contribution < -0.4 is 10.1 Å². The molecular formula is C24H17F3N2O4. The Hall–Kier alpha value is -4.14. The molecule has 0 bridgehead atoms. The van der Waals surface area contributed by atoms with Crippen LogP contribution in [0, 0.1) is 0 Å². The van der Waals surface area contributed by atoms with Crippen molar-refractivity contribution in [3.05, 3.63) is 95.1 Å². The van der Waals surface area contributed by atoms with Crippen LogP contribution in [-0.2, 0) is 17.9 Å². The molecule has 4 rings (SSSR count). The average molecular weight is 454 g/mol. The zero-order chi connectivity index (χ0) is 23.6. The Balaban J connectivity index is 1.62. The number of ether oxygens (including phenoxy) is 1. The Morgan fingerprint density at radius 1 is 0.879 bits per heavy atom. The van der Waals surface area contributed by atoms with Crippen molar-refractivity contribution in [3.63, 3.8) is 0 Å². The Labute approximate surface area is 186 Å². The number of imide groups is 1. The highest BCUT2D eigenvalue weighted by Crippen LogP contribution is 2.30. The summed E-state index contributed by atoms with van der Waals surface area (Å²) in [6.45, 7) is -0.0869. The summed E-state index contributed by atoms with van der Waals surface area (Å²) in [7, 11) is 0. The summed E-state index contributed by atoms with van der Waals surface area (Å²) >= 11 is 0. The number of nitrogens with one attached hydrogen (secondary N) is 1. The van der Waals surface area contributed by atoms with Gasteiger partial charge in [0.25, 0.3) is 11.8 Å². The van der Waals surface area contributed by atoms with Gasteiger partial charge in [0.05, 0.1) is 17.7 Å². The van der Waals surface area contributed by atoms with E-state index >= 15 is 0 Å². The van der Waals surface area contributed by atoms with Crippen LogP contribution in [0.3, 0.4) is 0 Å². The highest BCUT2D eigenvalue weighted by atomic mass is 19.4. The van der Waals surface area contributed by atoms with Gasteiger partial charge in [-0.1, -0.05) is 42.5 Å². The molecule has 3 aromatic carbocycles. The van der Waals surface area contributed by atoms with Gasteiger partial charge in [0.2, 0.25) is 0 Å². The number of anilines is 1. The van der Waals surface area contributed by atoms with Crippen LogP contribution in [0.15, 0.2) is 72.8 Å². The van der Waals surface area contributed by atoms with Crippen molar-refractivity contribution in [2.75, 3.05) is 5.32 Å². The molecule has 1 N–H and O–H groups in total. The van der Waals surface area contributed by atoms with Crippen molar-refractivity contribution in [2.24, 2.45) is 0 Å². The summed E-state index contributed by atoms with van der Waals surface area (Å²) in [5.41, 5.74) is 1.46. The number of carbonyl (C=O) groups is 3. The van der Waals surface area contributed by atoms with Gasteiger partial charge in [-0.2, -0.15) is 13.2 Å². The maximum absolute atomic E-state index is 12.7. The molecule has 1 heterocycles. The first-order chi connectivity index (χ1) is 15.7. The standard InChI is InChI=1S/C24H17F3N2O4/c25-24(26,27)23(32)28-17-10-11-20(33-14-15-6-2-1-3-7-15)16(12-17)13-29-21(30)18-8-4-5-9-19(18)22(29)31/h1-12H,13-14H2,(H,28,32). The molecule has 9 heteroatoms. The molecule has 0 atom stereocenters. The van der Waals surface area contributed by atoms with E-state index in [0.29, 0.717) is 0 Å². The maximum Gasteiger partial charge on any atom is 0.471 e. The minimum Gasteiger partial charge on any atom is -0.489 e. The van der Waals surface area contributed by atoms with E-state index in [2.05, 4.69) is 0 Å². The number of alkyl halides is 3. The van der Waals surface area contributed by atoms with E-state index in [-0.39, 0.29) is 41.3 Å². The number of rotatable bonds is 6. The van der Waals surface area contributed by atoms with E-state index in [1.807, 2.05) is 30.3 Å². The van der Waals surface area contributed by atoms with Crippen LogP contribution in [0.5, 0.6) is 5.75 Å². The van der Waals surface area contributed by atoms with Crippen LogP contribution in [0.2, 0.25) is 0 Å². The lowest BCUT2D eigenvalue weighted by Crippen LogP contribution is -2.30. The van der Waals surface area contributed by atoms with E-state index in [1.165, 1.54) is 30.3 Å². The molecule has 1 aliphatic heterocycles. The van der Waals surface area contributed by atoms with Crippen molar-refractivity contribution in [1.82, 2.24) is 4.90 Å². The molecule has 0 saturated heterocycles. The molecule has 168 valence electrons. The normalized spacial score (nSPS) is 13.1. The molecule has 0 unspecified atom stereocenters. The molecule has 0 saturated carbocycles. The van der Waals surface area contributed by atoms with Crippen molar-refractivity contribution in [1.29, 1.82) is 0 Å². The molecule has 0 radical (unpaired) electrons. The second kappa shape index (κ2) is 8.78. The summed E-state index contributed by atoms with van der Waals surface area (Å²) in [6.07, 6.45) is -5.06. The third-order valence-corrected chi connectivity index (χ3v) is 5.02. The van der Waals surface area contributed by atoms with Gasteiger partial charge < -0.3 is 10.1 Å². The SMILES string of the molecule is O=C1c2ccccc2C(=O)N1Cc1cc(NC(=O)C(F)(F)F)ccc1OCc1ccccc1. The molecule has 33 heavy (non-hydrogen) atoms. The molecule has 0 spiro atoms. The third kappa shape index (κ3) is 4.72. The molecule has 6 nitrogen and oxygen atoms in total. The molecular weight excluding hydrogens is 437 g/mol. The number of carbonyl (C=O) groups excluding carboxylic acids is 3. The number of benzene rings is 3. The number of halogens is 3. The summed E-state index contributed by atoms with van der Waals surface area (Å²) in [4.78, 5) is 37.8. The van der Waals surface area contributed by atoms with Crippen LogP contribution in [-0.4, -0.2) is 28.8 Å². The molecule has 1 aliphatic rings. The highest BCUT2D eigenvalue weighted by molar-refractivity contribution is 6.21. The molecule has 0 fully saturated rings. The van der Waals surface area contributed by atoms with Gasteiger partial charge in [0.1, 0.15) is 12.4 Å². The van der Waals surface area contributed by atoms with Crippen molar-refractivity contribution >= 4 is 23.4 Å². The smallest absolute Gasteiger partial charge is 0.471 e. The fourth-order valence-corrected chi connectivity index (χ4v) is 3.41. The van der Waals surface area contributed by atoms with Gasteiger partial charge in [0, 0.05) is 11.3 Å². The fourth-order valence-electron chi connectivity index (χ4n) is 3.41. The van der Waals surface area contributed by atoms with E-state index in [4.69, 9.17) is 4.74 Å². The lowest BCUT2D eigenvalue weighted by Gasteiger charge is -2.19. The van der Waals surface area contributed by atoms with Gasteiger partial charge in [-0.25, -0.2) is 0 Å². The summed E-state index contributed by atoms with van der Waals surface area (Å²) < 4.78 is 43.8. The molecule has 0 aliphatic carbocycles. The molecule has 3 aromatic rings. The summed E-state index contributed by atoms with van der Waals surface area (Å²) in [6, 6.07) is 19.4. The van der Waals surface area contributed by atoms with Crippen molar-refractivity contribution in [2.45, 2.75) is 19.3 Å². The molecule has 0 aromatic heterocycles. The Kier molecular flexibility index (Phi) is 5.87. The maximum atomic E-state index is 12.7.